The fraction of sp³-hybridized carbons (Fsp3) is 0.235. The normalized spacial score (nSPS) is 16.1. The Morgan fingerprint density at radius 3 is 2.44 bits per heavy atom. The molecule has 144 valence electrons. The van der Waals surface area contributed by atoms with Crippen LogP contribution in [0.1, 0.15) is 5.56 Å². The van der Waals surface area contributed by atoms with E-state index < -0.39 is 10.4 Å². The van der Waals surface area contributed by atoms with Gasteiger partial charge in [-0.25, -0.2) is 13.0 Å². The zero-order valence-electron chi connectivity index (χ0n) is 14.9. The highest BCUT2D eigenvalue weighted by molar-refractivity contribution is 8.03. The molecule has 0 saturated carbocycles. The van der Waals surface area contributed by atoms with Crippen LogP contribution < -0.4 is 18.9 Å². The Bertz CT molecular complexity index is 974. The Balaban J connectivity index is 0.000000307. The standard InChI is InChI=1S/C16H15N2O2S.CH4O4S/c1-17-5-3-11(4-6-17)7-16-18(2)12-8-13-14(20-10-19-13)9-15(12)21-16;1-5-6(2,3)4/h3-9H,10H2,1-2H3;1H3,(H,2,3,4)/q+1;/p-1. The summed E-state index contributed by atoms with van der Waals surface area (Å²) in [6.45, 7) is 0.316. The van der Waals surface area contributed by atoms with Crippen LogP contribution in [0.3, 0.4) is 0 Å². The van der Waals surface area contributed by atoms with Crippen molar-refractivity contribution in [1.29, 1.82) is 0 Å². The number of ether oxygens (including phenoxy) is 2. The fourth-order valence-electron chi connectivity index (χ4n) is 2.43. The first kappa shape index (κ1) is 19.5. The molecule has 0 bridgehead atoms. The summed E-state index contributed by atoms with van der Waals surface area (Å²) in [5.74, 6) is 1.66. The lowest BCUT2D eigenvalue weighted by atomic mass is 10.2. The molecule has 8 nitrogen and oxygen atoms in total. The zero-order valence-corrected chi connectivity index (χ0v) is 16.5. The molecule has 1 aromatic heterocycles. The maximum atomic E-state index is 9.22. The van der Waals surface area contributed by atoms with Gasteiger partial charge in [0.1, 0.15) is 7.05 Å². The zero-order chi connectivity index (χ0) is 19.6. The lowest BCUT2D eigenvalue weighted by Crippen LogP contribution is -2.25. The third-order valence-electron chi connectivity index (χ3n) is 3.86. The second kappa shape index (κ2) is 7.77. The van der Waals surface area contributed by atoms with Gasteiger partial charge in [0, 0.05) is 36.2 Å². The van der Waals surface area contributed by atoms with E-state index in [1.54, 1.807) is 11.8 Å². The predicted molar refractivity (Wildman–Crippen MR) is 99.1 cm³/mol. The number of thioether (sulfide) groups is 1. The quantitative estimate of drug-likeness (QED) is 0.421. The van der Waals surface area contributed by atoms with Crippen LogP contribution in [0, 0.1) is 0 Å². The monoisotopic (exact) mass is 410 g/mol. The molecule has 0 N–H and O–H groups in total. The largest absolute Gasteiger partial charge is 0.726 e. The van der Waals surface area contributed by atoms with E-state index in [4.69, 9.17) is 9.47 Å². The number of anilines is 1. The summed E-state index contributed by atoms with van der Waals surface area (Å²) in [6, 6.07) is 8.33. The first-order valence-corrected chi connectivity index (χ1v) is 9.95. The summed E-state index contributed by atoms with van der Waals surface area (Å²) in [4.78, 5) is 3.39. The summed E-state index contributed by atoms with van der Waals surface area (Å²) >= 11 is 1.75. The molecule has 2 aromatic rings. The highest BCUT2D eigenvalue weighted by atomic mass is 32.3. The van der Waals surface area contributed by atoms with Gasteiger partial charge in [0.15, 0.2) is 23.9 Å². The molecule has 2 aliphatic rings. The second-order valence-corrected chi connectivity index (χ2v) is 7.90. The number of hydrogen-bond acceptors (Lipinski definition) is 8. The molecule has 0 amide bonds. The van der Waals surface area contributed by atoms with Crippen LogP contribution in [0.25, 0.3) is 6.08 Å². The molecule has 0 spiro atoms. The highest BCUT2D eigenvalue weighted by Gasteiger charge is 2.26. The van der Waals surface area contributed by atoms with Gasteiger partial charge in [0.25, 0.3) is 0 Å². The highest BCUT2D eigenvalue weighted by Crippen LogP contribution is 2.50. The number of hydrogen-bond donors (Lipinski definition) is 0. The van der Waals surface area contributed by atoms with Crippen LogP contribution in [0.5, 0.6) is 11.5 Å². The lowest BCUT2D eigenvalue weighted by Gasteiger charge is -2.13. The van der Waals surface area contributed by atoms with Gasteiger partial charge in [-0.3, -0.25) is 4.18 Å². The molecule has 1 aromatic carbocycles. The van der Waals surface area contributed by atoms with Gasteiger partial charge in [0.2, 0.25) is 17.2 Å². The van der Waals surface area contributed by atoms with Crippen molar-refractivity contribution in [2.45, 2.75) is 4.90 Å². The van der Waals surface area contributed by atoms with Crippen LogP contribution in [0.15, 0.2) is 46.6 Å². The maximum Gasteiger partial charge on any atom is 0.231 e. The number of benzene rings is 1. The van der Waals surface area contributed by atoms with Crippen molar-refractivity contribution in [2.75, 3.05) is 25.9 Å². The molecular formula is C17H18N2O6S2. The smallest absolute Gasteiger partial charge is 0.231 e. The molecular weight excluding hydrogens is 392 g/mol. The molecule has 0 saturated heterocycles. The van der Waals surface area contributed by atoms with Crippen LogP contribution >= 0.6 is 11.8 Å². The molecule has 0 unspecified atom stereocenters. The summed E-state index contributed by atoms with van der Waals surface area (Å²) in [5, 5.41) is 1.20. The Morgan fingerprint density at radius 2 is 1.85 bits per heavy atom. The molecule has 0 atom stereocenters. The SMILES string of the molecule is CN1C(=Cc2cc[n+](C)cc2)Sc2cc3c(cc21)OCO3.COS(=O)(=O)[O-]. The summed E-state index contributed by atoms with van der Waals surface area (Å²) in [5.41, 5.74) is 2.35. The Labute approximate surface area is 161 Å². The van der Waals surface area contributed by atoms with Gasteiger partial charge in [-0.15, -0.1) is 0 Å². The molecule has 0 radical (unpaired) electrons. The lowest BCUT2D eigenvalue weighted by molar-refractivity contribution is -0.671. The first-order chi connectivity index (χ1) is 12.8. The molecule has 3 heterocycles. The predicted octanol–water partition coefficient (Wildman–Crippen LogP) is 1.87. The van der Waals surface area contributed by atoms with Crippen LogP contribution in [-0.4, -0.2) is 33.9 Å². The minimum Gasteiger partial charge on any atom is -0.726 e. The topological polar surface area (TPSA) is 92.0 Å². The number of pyridine rings is 1. The van der Waals surface area contributed by atoms with E-state index in [9.17, 15) is 13.0 Å². The van der Waals surface area contributed by atoms with Crippen molar-refractivity contribution in [2.24, 2.45) is 7.05 Å². The van der Waals surface area contributed by atoms with Crippen molar-refractivity contribution >= 4 is 33.9 Å². The van der Waals surface area contributed by atoms with Gasteiger partial charge in [-0.2, -0.15) is 0 Å². The summed E-state index contributed by atoms with van der Waals surface area (Å²) < 4.78 is 44.0. The average molecular weight is 410 g/mol. The van der Waals surface area contributed by atoms with E-state index in [0.717, 1.165) is 24.3 Å². The fourth-order valence-corrected chi connectivity index (χ4v) is 3.56. The van der Waals surface area contributed by atoms with Crippen molar-refractivity contribution in [3.8, 4) is 11.5 Å². The minimum absolute atomic E-state index is 0.316. The molecule has 4 rings (SSSR count). The minimum atomic E-state index is -4.41. The number of rotatable bonds is 2. The van der Waals surface area contributed by atoms with Gasteiger partial charge in [-0.05, 0) is 11.6 Å². The Morgan fingerprint density at radius 1 is 1.26 bits per heavy atom. The third kappa shape index (κ3) is 4.72. The van der Waals surface area contributed by atoms with Crippen molar-refractivity contribution in [3.05, 3.63) is 47.3 Å². The van der Waals surface area contributed by atoms with Crippen molar-refractivity contribution in [1.82, 2.24) is 0 Å². The van der Waals surface area contributed by atoms with Crippen molar-refractivity contribution < 1.29 is 31.2 Å². The molecule has 27 heavy (non-hydrogen) atoms. The third-order valence-corrected chi connectivity index (χ3v) is 5.42. The van der Waals surface area contributed by atoms with Crippen LogP contribution in [0.2, 0.25) is 0 Å². The molecule has 0 aliphatic carbocycles. The van der Waals surface area contributed by atoms with E-state index in [1.807, 2.05) is 11.6 Å². The Kier molecular flexibility index (Phi) is 5.61. The molecule has 0 fully saturated rings. The van der Waals surface area contributed by atoms with Gasteiger partial charge in [0.05, 0.1) is 17.8 Å². The van der Waals surface area contributed by atoms with E-state index in [0.29, 0.717) is 6.79 Å². The van der Waals surface area contributed by atoms with Crippen molar-refractivity contribution in [3.63, 3.8) is 0 Å². The van der Waals surface area contributed by atoms with E-state index in [1.165, 1.54) is 15.5 Å². The number of aromatic nitrogens is 1. The first-order valence-electron chi connectivity index (χ1n) is 7.80. The van der Waals surface area contributed by atoms with Gasteiger partial charge < -0.3 is 18.9 Å². The number of nitrogens with zero attached hydrogens (tertiary/aromatic N) is 2. The molecule has 10 heteroatoms. The number of aryl methyl sites for hydroxylation is 1. The average Bonchev–Trinajstić information content (AvgIpc) is 3.20. The summed E-state index contributed by atoms with van der Waals surface area (Å²) in [6.07, 6.45) is 6.29. The van der Waals surface area contributed by atoms with Gasteiger partial charge in [-0.1, -0.05) is 11.8 Å². The second-order valence-electron chi connectivity index (χ2n) is 5.69. The Hall–Kier alpha value is -2.27. The summed E-state index contributed by atoms with van der Waals surface area (Å²) in [7, 11) is 0.494. The maximum absolute atomic E-state index is 9.22. The van der Waals surface area contributed by atoms with Gasteiger partial charge >= 0.3 is 0 Å². The van der Waals surface area contributed by atoms with Crippen LogP contribution in [-0.2, 0) is 21.6 Å². The van der Waals surface area contributed by atoms with E-state index >= 15 is 0 Å². The number of fused-ring (bicyclic) bond motifs is 2. The van der Waals surface area contributed by atoms with E-state index in [2.05, 4.69) is 58.9 Å². The van der Waals surface area contributed by atoms with Crippen LogP contribution in [0.4, 0.5) is 5.69 Å². The van der Waals surface area contributed by atoms with E-state index in [-0.39, 0.29) is 0 Å². The molecule has 2 aliphatic heterocycles.